The Morgan fingerprint density at radius 2 is 1.17 bits per heavy atom. The van der Waals surface area contributed by atoms with Gasteiger partial charge in [0, 0.05) is 4.47 Å². The van der Waals surface area contributed by atoms with E-state index in [0.717, 1.165) is 12.8 Å². The van der Waals surface area contributed by atoms with E-state index in [-0.39, 0.29) is 0 Å². The highest BCUT2D eigenvalue weighted by atomic mass is 79.9. The van der Waals surface area contributed by atoms with Gasteiger partial charge in [0.2, 0.25) is 0 Å². The molecule has 5 aromatic rings. The molecule has 0 amide bonds. The fraction of sp³-hybridized carbons (Fsp3) is 0.143. The van der Waals surface area contributed by atoms with Gasteiger partial charge in [-0.25, -0.2) is 0 Å². The van der Waals surface area contributed by atoms with Gasteiger partial charge in [-0.15, -0.1) is 0 Å². The molecule has 0 bridgehead atoms. The first-order chi connectivity index (χ1) is 17.6. The molecule has 0 spiro atoms. The molecule has 0 fully saturated rings. The van der Waals surface area contributed by atoms with E-state index in [1.54, 1.807) is 0 Å². The van der Waals surface area contributed by atoms with E-state index in [9.17, 15) is 0 Å². The number of hydrogen-bond acceptors (Lipinski definition) is 0. The molecule has 1 unspecified atom stereocenters. The number of aryl methyl sites for hydroxylation is 1. The zero-order valence-corrected chi connectivity index (χ0v) is 22.5. The van der Waals surface area contributed by atoms with Gasteiger partial charge < -0.3 is 0 Å². The van der Waals surface area contributed by atoms with Gasteiger partial charge in [0.05, 0.1) is 0 Å². The van der Waals surface area contributed by atoms with Crippen LogP contribution in [0.15, 0.2) is 126 Å². The third kappa shape index (κ3) is 5.22. The second kappa shape index (κ2) is 11.1. The number of halogens is 1. The summed E-state index contributed by atoms with van der Waals surface area (Å²) in [6.07, 6.45) is 2.13. The highest BCUT2D eigenvalue weighted by molar-refractivity contribution is 9.10. The van der Waals surface area contributed by atoms with Crippen molar-refractivity contribution in [3.63, 3.8) is 0 Å². The average molecular weight is 532 g/mol. The monoisotopic (exact) mass is 530 g/mol. The molecule has 0 saturated carbocycles. The van der Waals surface area contributed by atoms with Crippen LogP contribution in [0.25, 0.3) is 33.4 Å². The zero-order chi connectivity index (χ0) is 24.9. The third-order valence-electron chi connectivity index (χ3n) is 7.16. The van der Waals surface area contributed by atoms with Crippen molar-refractivity contribution in [2.24, 2.45) is 0 Å². The molecule has 1 heteroatoms. The average Bonchev–Trinajstić information content (AvgIpc) is 2.93. The Morgan fingerprint density at radius 1 is 0.583 bits per heavy atom. The molecule has 5 rings (SSSR count). The van der Waals surface area contributed by atoms with Gasteiger partial charge in [0.1, 0.15) is 0 Å². The lowest BCUT2D eigenvalue weighted by molar-refractivity contribution is 0.660. The Balaban J connectivity index is 1.45. The predicted octanol–water partition coefficient (Wildman–Crippen LogP) is 10.5. The summed E-state index contributed by atoms with van der Waals surface area (Å²) in [5.41, 5.74) is 11.8. The van der Waals surface area contributed by atoms with Crippen LogP contribution in [0.1, 0.15) is 36.0 Å². The zero-order valence-electron chi connectivity index (χ0n) is 20.9. The van der Waals surface area contributed by atoms with Crippen molar-refractivity contribution in [2.45, 2.75) is 32.6 Å². The Labute approximate surface area is 223 Å². The van der Waals surface area contributed by atoms with Gasteiger partial charge >= 0.3 is 0 Å². The minimum absolute atomic E-state index is 0.463. The standard InChI is InChI=1S/C35H31Br/c1-3-26(24-31-13-7-10-16-35(31)36)33-14-8-9-15-34(33)32-22-21-30(23-25(32)2)29-19-17-28(18-20-29)27-11-5-4-6-12-27/h4-23,26H,3,24H2,1-2H3. The fourth-order valence-corrected chi connectivity index (χ4v) is 5.58. The summed E-state index contributed by atoms with van der Waals surface area (Å²) < 4.78 is 1.19. The second-order valence-electron chi connectivity index (χ2n) is 9.46. The molecule has 0 aliphatic rings. The van der Waals surface area contributed by atoms with Gasteiger partial charge in [-0.05, 0) is 81.8 Å². The second-order valence-corrected chi connectivity index (χ2v) is 10.3. The molecule has 5 aromatic carbocycles. The summed E-state index contributed by atoms with van der Waals surface area (Å²) >= 11 is 3.75. The smallest absolute Gasteiger partial charge is 0.0207 e. The maximum Gasteiger partial charge on any atom is 0.0207 e. The Hall–Kier alpha value is -3.42. The number of benzene rings is 5. The molecule has 0 aliphatic carbocycles. The quantitative estimate of drug-likeness (QED) is 0.196. The summed E-state index contributed by atoms with van der Waals surface area (Å²) in [5, 5.41) is 0. The van der Waals surface area contributed by atoms with Crippen molar-refractivity contribution in [3.8, 4) is 33.4 Å². The Bertz CT molecular complexity index is 1450. The summed E-state index contributed by atoms with van der Waals surface area (Å²) in [4.78, 5) is 0. The van der Waals surface area contributed by atoms with Crippen LogP contribution in [0, 0.1) is 6.92 Å². The minimum Gasteiger partial charge on any atom is -0.0648 e. The van der Waals surface area contributed by atoms with Crippen LogP contribution in [0.2, 0.25) is 0 Å². The van der Waals surface area contributed by atoms with Crippen LogP contribution in [0.3, 0.4) is 0 Å². The molecule has 0 radical (unpaired) electrons. The number of rotatable bonds is 7. The highest BCUT2D eigenvalue weighted by Crippen LogP contribution is 2.37. The maximum atomic E-state index is 3.75. The van der Waals surface area contributed by atoms with Crippen LogP contribution in [0.4, 0.5) is 0 Å². The van der Waals surface area contributed by atoms with Crippen LogP contribution >= 0.6 is 15.9 Å². The molecule has 0 nitrogen and oxygen atoms in total. The third-order valence-corrected chi connectivity index (χ3v) is 7.93. The Kier molecular flexibility index (Phi) is 7.49. The lowest BCUT2D eigenvalue weighted by Gasteiger charge is -2.21. The van der Waals surface area contributed by atoms with E-state index >= 15 is 0 Å². The lowest BCUT2D eigenvalue weighted by atomic mass is 9.83. The molecular weight excluding hydrogens is 500 g/mol. The van der Waals surface area contributed by atoms with E-state index in [4.69, 9.17) is 0 Å². The van der Waals surface area contributed by atoms with Crippen LogP contribution < -0.4 is 0 Å². The summed E-state index contributed by atoms with van der Waals surface area (Å²) in [5.74, 6) is 0.463. The summed E-state index contributed by atoms with van der Waals surface area (Å²) in [6.45, 7) is 4.54. The van der Waals surface area contributed by atoms with Crippen molar-refractivity contribution in [3.05, 3.63) is 142 Å². The first kappa shape index (κ1) is 24.3. The molecule has 178 valence electrons. The van der Waals surface area contributed by atoms with Gasteiger partial charge in [-0.1, -0.05) is 138 Å². The van der Waals surface area contributed by atoms with Crippen LogP contribution in [-0.4, -0.2) is 0 Å². The van der Waals surface area contributed by atoms with Crippen molar-refractivity contribution in [1.82, 2.24) is 0 Å². The summed E-state index contributed by atoms with van der Waals surface area (Å²) in [7, 11) is 0. The molecule has 36 heavy (non-hydrogen) atoms. The van der Waals surface area contributed by atoms with Crippen LogP contribution in [0.5, 0.6) is 0 Å². The molecule has 1 atom stereocenters. The van der Waals surface area contributed by atoms with Gasteiger partial charge in [-0.3, -0.25) is 0 Å². The highest BCUT2D eigenvalue weighted by Gasteiger charge is 2.17. The van der Waals surface area contributed by atoms with E-state index < -0.39 is 0 Å². The van der Waals surface area contributed by atoms with Crippen molar-refractivity contribution >= 4 is 15.9 Å². The molecule has 0 saturated heterocycles. The van der Waals surface area contributed by atoms with E-state index in [0.29, 0.717) is 5.92 Å². The van der Waals surface area contributed by atoms with E-state index in [2.05, 4.69) is 151 Å². The van der Waals surface area contributed by atoms with Crippen molar-refractivity contribution < 1.29 is 0 Å². The summed E-state index contributed by atoms with van der Waals surface area (Å²) in [6, 6.07) is 43.9. The topological polar surface area (TPSA) is 0 Å². The minimum atomic E-state index is 0.463. The predicted molar refractivity (Wildman–Crippen MR) is 158 cm³/mol. The molecular formula is C35H31Br. The molecule has 0 aliphatic heterocycles. The maximum absolute atomic E-state index is 3.75. The largest absolute Gasteiger partial charge is 0.0648 e. The lowest BCUT2D eigenvalue weighted by Crippen LogP contribution is -2.05. The van der Waals surface area contributed by atoms with E-state index in [1.807, 2.05) is 0 Å². The first-order valence-electron chi connectivity index (χ1n) is 12.7. The van der Waals surface area contributed by atoms with E-state index in [1.165, 1.54) is 54.5 Å². The van der Waals surface area contributed by atoms with Crippen molar-refractivity contribution in [1.29, 1.82) is 0 Å². The van der Waals surface area contributed by atoms with Crippen LogP contribution in [-0.2, 0) is 6.42 Å². The molecule has 0 heterocycles. The van der Waals surface area contributed by atoms with Crippen molar-refractivity contribution in [2.75, 3.05) is 0 Å². The van der Waals surface area contributed by atoms with Gasteiger partial charge in [0.15, 0.2) is 0 Å². The van der Waals surface area contributed by atoms with Gasteiger partial charge in [-0.2, -0.15) is 0 Å². The van der Waals surface area contributed by atoms with Gasteiger partial charge in [0.25, 0.3) is 0 Å². The molecule has 0 N–H and O–H groups in total. The molecule has 0 aromatic heterocycles. The Morgan fingerprint density at radius 3 is 1.86 bits per heavy atom. The number of hydrogen-bond donors (Lipinski definition) is 0. The fourth-order valence-electron chi connectivity index (χ4n) is 5.13. The normalized spacial score (nSPS) is 11.9. The first-order valence-corrected chi connectivity index (χ1v) is 13.5. The SMILES string of the molecule is CCC(Cc1ccccc1Br)c1ccccc1-c1ccc(-c2ccc(-c3ccccc3)cc2)cc1C.